The second-order valence-electron chi connectivity index (χ2n) is 9.11. The highest BCUT2D eigenvalue weighted by Crippen LogP contribution is 2.57. The maximum atomic E-state index is 13.5. The number of carbonyl (C=O) groups is 1. The molecule has 1 aliphatic carbocycles. The number of amides is 1. The fourth-order valence-electron chi connectivity index (χ4n) is 5.52. The van der Waals surface area contributed by atoms with Gasteiger partial charge in [0.15, 0.2) is 0 Å². The summed E-state index contributed by atoms with van der Waals surface area (Å²) in [5, 5.41) is 11.6. The molecule has 2 bridgehead atoms. The Hall–Kier alpha value is -2.75. The number of hydrogen-bond acceptors (Lipinski definition) is 2. The number of rotatable bonds is 1. The van der Waals surface area contributed by atoms with Crippen LogP contribution in [0.15, 0.2) is 48.7 Å². The topological polar surface area (TPSA) is 56.3 Å². The molecule has 2 aromatic carbocycles. The lowest BCUT2D eigenvalue weighted by molar-refractivity contribution is -0.0266. The summed E-state index contributed by atoms with van der Waals surface area (Å²) in [7, 11) is 0. The van der Waals surface area contributed by atoms with Gasteiger partial charge in [-0.25, -0.2) is 0 Å². The van der Waals surface area contributed by atoms with Crippen molar-refractivity contribution < 1.29 is 9.90 Å². The zero-order valence-corrected chi connectivity index (χ0v) is 16.6. The zero-order valence-electron chi connectivity index (χ0n) is 16.6. The van der Waals surface area contributed by atoms with E-state index < -0.39 is 0 Å². The molecule has 0 saturated carbocycles. The number of aromatic amines is 1. The first-order chi connectivity index (χ1) is 13.3. The van der Waals surface area contributed by atoms with Crippen molar-refractivity contribution in [3.8, 4) is 5.75 Å². The second kappa shape index (κ2) is 5.63. The molecule has 1 saturated heterocycles. The molecule has 2 N–H and O–H groups in total. The number of nitrogens with one attached hydrogen (secondary N) is 1. The average molecular weight is 374 g/mol. The summed E-state index contributed by atoms with van der Waals surface area (Å²) in [5.74, 6) is 0.439. The minimum Gasteiger partial charge on any atom is -0.508 e. The summed E-state index contributed by atoms with van der Waals surface area (Å²) in [6, 6.07) is 13.8. The summed E-state index contributed by atoms with van der Waals surface area (Å²) >= 11 is 0. The number of benzene rings is 2. The number of aromatic nitrogens is 1. The molecular formula is C24H26N2O2. The van der Waals surface area contributed by atoms with Crippen LogP contribution >= 0.6 is 0 Å². The lowest BCUT2D eigenvalue weighted by Crippen LogP contribution is -2.64. The normalized spacial score (nSPS) is 25.5. The van der Waals surface area contributed by atoms with Crippen molar-refractivity contribution in [2.75, 3.05) is 6.54 Å². The van der Waals surface area contributed by atoms with Gasteiger partial charge in [-0.1, -0.05) is 32.9 Å². The predicted molar refractivity (Wildman–Crippen MR) is 111 cm³/mol. The zero-order chi connectivity index (χ0) is 19.7. The number of hydrogen-bond donors (Lipinski definition) is 2. The molecule has 2 aliphatic rings. The lowest BCUT2D eigenvalue weighted by atomic mass is 9.51. The van der Waals surface area contributed by atoms with E-state index in [4.69, 9.17) is 0 Å². The summed E-state index contributed by atoms with van der Waals surface area (Å²) in [6.07, 6.45) is 3.49. The van der Waals surface area contributed by atoms with E-state index in [0.29, 0.717) is 12.2 Å². The molecule has 0 spiro atoms. The maximum Gasteiger partial charge on any atom is 0.254 e. The number of carbonyl (C=O) groups excluding carboxylic acids is 1. The highest BCUT2D eigenvalue weighted by Gasteiger charge is 2.57. The first-order valence-corrected chi connectivity index (χ1v) is 10.0. The van der Waals surface area contributed by atoms with Crippen LogP contribution < -0.4 is 0 Å². The van der Waals surface area contributed by atoms with Gasteiger partial charge in [0.2, 0.25) is 0 Å². The molecule has 1 aromatic heterocycles. The Morgan fingerprint density at radius 1 is 1.18 bits per heavy atom. The van der Waals surface area contributed by atoms with E-state index in [0.717, 1.165) is 35.0 Å². The van der Waals surface area contributed by atoms with Crippen molar-refractivity contribution in [3.63, 3.8) is 0 Å². The van der Waals surface area contributed by atoms with E-state index in [1.165, 1.54) is 5.56 Å². The minimum atomic E-state index is -0.0834. The second-order valence-corrected chi connectivity index (χ2v) is 9.11. The van der Waals surface area contributed by atoms with Crippen LogP contribution in [0.1, 0.15) is 48.7 Å². The number of fused-ring (bicyclic) bond motifs is 5. The van der Waals surface area contributed by atoms with E-state index in [9.17, 15) is 9.90 Å². The first kappa shape index (κ1) is 17.4. The van der Waals surface area contributed by atoms with E-state index >= 15 is 0 Å². The Bertz CT molecular complexity index is 1100. The molecule has 2 unspecified atom stereocenters. The monoisotopic (exact) mass is 374 g/mol. The van der Waals surface area contributed by atoms with Crippen LogP contribution in [-0.2, 0) is 11.8 Å². The van der Waals surface area contributed by atoms with Crippen molar-refractivity contribution in [1.82, 2.24) is 9.88 Å². The van der Waals surface area contributed by atoms with Crippen LogP contribution in [0.3, 0.4) is 0 Å². The molecule has 4 heteroatoms. The summed E-state index contributed by atoms with van der Waals surface area (Å²) < 4.78 is 0. The molecule has 0 radical (unpaired) electrons. The van der Waals surface area contributed by atoms with E-state index in [-0.39, 0.29) is 22.8 Å². The van der Waals surface area contributed by atoms with Gasteiger partial charge >= 0.3 is 0 Å². The van der Waals surface area contributed by atoms with E-state index in [1.54, 1.807) is 6.07 Å². The molecule has 1 fully saturated rings. The summed E-state index contributed by atoms with van der Waals surface area (Å²) in [6.45, 7) is 7.59. The van der Waals surface area contributed by atoms with E-state index in [2.05, 4.69) is 31.8 Å². The van der Waals surface area contributed by atoms with Gasteiger partial charge in [0.05, 0.1) is 0 Å². The van der Waals surface area contributed by atoms with Crippen molar-refractivity contribution in [2.24, 2.45) is 5.41 Å². The van der Waals surface area contributed by atoms with Gasteiger partial charge in [-0.15, -0.1) is 0 Å². The number of piperidine rings is 1. The van der Waals surface area contributed by atoms with Crippen LogP contribution in [0, 0.1) is 5.41 Å². The van der Waals surface area contributed by atoms with E-state index in [1.807, 2.05) is 41.4 Å². The summed E-state index contributed by atoms with van der Waals surface area (Å²) in [5.41, 5.74) is 3.88. The summed E-state index contributed by atoms with van der Waals surface area (Å²) in [4.78, 5) is 18.7. The Balaban J connectivity index is 1.58. The van der Waals surface area contributed by atoms with Crippen LogP contribution in [0.2, 0.25) is 0 Å². The lowest BCUT2D eigenvalue weighted by Gasteiger charge is -2.60. The SMILES string of the molecule is CC12CCN(C(=O)c3ccc4[nH]ccc4c3)C(Cc3c(O)cccc31)C2(C)C. The van der Waals surface area contributed by atoms with Gasteiger partial charge in [-0.05, 0) is 59.7 Å². The number of nitrogens with zero attached hydrogens (tertiary/aromatic N) is 1. The fraction of sp³-hybridized carbons (Fsp3) is 0.375. The molecule has 2 atom stereocenters. The molecule has 5 rings (SSSR count). The Morgan fingerprint density at radius 2 is 2.00 bits per heavy atom. The third kappa shape index (κ3) is 2.15. The van der Waals surface area contributed by atoms with Gasteiger partial charge < -0.3 is 15.0 Å². The average Bonchev–Trinajstić information content (AvgIpc) is 3.12. The number of H-pyrrole nitrogens is 1. The highest BCUT2D eigenvalue weighted by atomic mass is 16.3. The number of likely N-dealkylation sites (tertiary alicyclic amines) is 1. The quantitative estimate of drug-likeness (QED) is 0.652. The smallest absolute Gasteiger partial charge is 0.254 e. The molecule has 1 aliphatic heterocycles. The predicted octanol–water partition coefficient (Wildman–Crippen LogP) is 4.63. The number of aromatic hydroxyl groups is 1. The Morgan fingerprint density at radius 3 is 2.82 bits per heavy atom. The number of phenolic OH excluding ortho intramolecular Hbond substituents is 1. The van der Waals surface area contributed by atoms with Crippen molar-refractivity contribution >= 4 is 16.8 Å². The van der Waals surface area contributed by atoms with Crippen molar-refractivity contribution in [3.05, 3.63) is 65.4 Å². The molecular weight excluding hydrogens is 348 g/mol. The Labute approximate surface area is 165 Å². The fourth-order valence-corrected chi connectivity index (χ4v) is 5.52. The van der Waals surface area contributed by atoms with Gasteiger partial charge in [-0.2, -0.15) is 0 Å². The first-order valence-electron chi connectivity index (χ1n) is 10.0. The van der Waals surface area contributed by atoms with Gasteiger partial charge in [0, 0.05) is 40.7 Å². The highest BCUT2D eigenvalue weighted by molar-refractivity contribution is 5.98. The van der Waals surface area contributed by atoms with Gasteiger partial charge in [0.1, 0.15) is 5.75 Å². The van der Waals surface area contributed by atoms with Gasteiger partial charge in [0.25, 0.3) is 5.91 Å². The third-order valence-corrected chi connectivity index (χ3v) is 7.69. The molecule has 144 valence electrons. The largest absolute Gasteiger partial charge is 0.508 e. The standard InChI is InChI=1S/C24H26N2O2/c1-23(2)21-14-17-18(5-4-6-20(17)27)24(23,3)10-12-26(21)22(28)16-7-8-19-15(13-16)9-11-25-19/h4-9,11,13,21,25,27H,10,12,14H2,1-3H3. The maximum absolute atomic E-state index is 13.5. The molecule has 3 aromatic rings. The van der Waals surface area contributed by atoms with Crippen molar-refractivity contribution in [2.45, 2.75) is 45.1 Å². The molecule has 4 nitrogen and oxygen atoms in total. The van der Waals surface area contributed by atoms with Crippen LogP contribution in [-0.4, -0.2) is 33.5 Å². The Kier molecular flexibility index (Phi) is 3.49. The van der Waals surface area contributed by atoms with Crippen LogP contribution in [0.5, 0.6) is 5.75 Å². The third-order valence-electron chi connectivity index (χ3n) is 7.69. The van der Waals surface area contributed by atoms with Gasteiger partial charge in [-0.3, -0.25) is 4.79 Å². The minimum absolute atomic E-state index is 0.0569. The van der Waals surface area contributed by atoms with Crippen LogP contribution in [0.4, 0.5) is 0 Å². The number of phenols is 1. The van der Waals surface area contributed by atoms with Crippen molar-refractivity contribution in [1.29, 1.82) is 0 Å². The molecule has 28 heavy (non-hydrogen) atoms. The van der Waals surface area contributed by atoms with Crippen LogP contribution in [0.25, 0.3) is 10.9 Å². The molecule has 1 amide bonds. The molecule has 2 heterocycles.